The summed E-state index contributed by atoms with van der Waals surface area (Å²) < 4.78 is 4.93. The van der Waals surface area contributed by atoms with Gasteiger partial charge in [0.2, 0.25) is 0 Å². The number of ether oxygens (including phenoxy) is 1. The Hall–Kier alpha value is -1.42. The summed E-state index contributed by atoms with van der Waals surface area (Å²) in [6, 6.07) is 6.18. The third-order valence-corrected chi connectivity index (χ3v) is 1.25. The van der Waals surface area contributed by atoms with Crippen LogP contribution in [0, 0.1) is 4.91 Å². The highest BCUT2D eigenvalue weighted by Crippen LogP contribution is 2.17. The number of rotatable bonds is 3. The number of hydrogen-bond donors (Lipinski definition) is 1. The Kier molecular flexibility index (Phi) is 2.76. The lowest BCUT2D eigenvalue weighted by Gasteiger charge is -2.07. The van der Waals surface area contributed by atoms with E-state index in [0.717, 1.165) is 0 Å². The molecule has 0 bridgehead atoms. The second-order valence-corrected chi connectivity index (χ2v) is 2.30. The molecule has 1 N–H and O–H groups in total. The van der Waals surface area contributed by atoms with Crippen molar-refractivity contribution in [1.82, 2.24) is 0 Å². The lowest BCUT2D eigenvalue weighted by atomic mass is 10.3. The Balaban J connectivity index is 2.71. The van der Waals surface area contributed by atoms with Crippen LogP contribution in [0.4, 0.5) is 5.69 Å². The van der Waals surface area contributed by atoms with E-state index in [0.29, 0.717) is 11.4 Å². The predicted octanol–water partition coefficient (Wildman–Crippen LogP) is 1.80. The molecule has 0 saturated heterocycles. The Morgan fingerprint density at radius 2 is 2.00 bits per heavy atom. The van der Waals surface area contributed by atoms with E-state index in [-0.39, 0.29) is 0 Å². The molecule has 0 heterocycles. The van der Waals surface area contributed by atoms with E-state index in [1.165, 1.54) is 19.1 Å². The summed E-state index contributed by atoms with van der Waals surface area (Å²) in [6.07, 6.45) is -0.847. The van der Waals surface area contributed by atoms with Gasteiger partial charge >= 0.3 is 0 Å². The molecule has 1 aromatic carbocycles. The molecule has 1 atom stereocenters. The molecular weight excluding hydrogens is 158 g/mol. The van der Waals surface area contributed by atoms with Gasteiger partial charge in [-0.05, 0) is 36.4 Å². The molecule has 0 fully saturated rings. The minimum Gasteiger partial charge on any atom is -0.465 e. The van der Waals surface area contributed by atoms with E-state index in [1.54, 1.807) is 12.1 Å². The largest absolute Gasteiger partial charge is 0.465 e. The number of aliphatic hydroxyl groups excluding tert-OH is 1. The highest BCUT2D eigenvalue weighted by molar-refractivity contribution is 5.40. The highest BCUT2D eigenvalue weighted by atomic mass is 16.6. The SMILES string of the molecule is CC(O)Oc1ccc(N=O)cc1. The molecule has 64 valence electrons. The molecule has 0 radical (unpaired) electrons. The van der Waals surface area contributed by atoms with Crippen LogP contribution in [0.5, 0.6) is 5.75 Å². The summed E-state index contributed by atoms with van der Waals surface area (Å²) in [5.74, 6) is 0.511. The van der Waals surface area contributed by atoms with Crippen LogP contribution in [0.3, 0.4) is 0 Å². The summed E-state index contributed by atoms with van der Waals surface area (Å²) in [6.45, 7) is 1.51. The molecular formula is C8H9NO3. The first-order valence-corrected chi connectivity index (χ1v) is 3.50. The number of hydrogen-bond acceptors (Lipinski definition) is 4. The molecule has 0 spiro atoms. The minimum atomic E-state index is -0.847. The summed E-state index contributed by atoms with van der Waals surface area (Å²) >= 11 is 0. The van der Waals surface area contributed by atoms with Gasteiger partial charge in [-0.1, -0.05) is 0 Å². The van der Waals surface area contributed by atoms with Gasteiger partial charge in [-0.25, -0.2) is 0 Å². The Morgan fingerprint density at radius 1 is 1.42 bits per heavy atom. The van der Waals surface area contributed by atoms with Crippen molar-refractivity contribution in [1.29, 1.82) is 0 Å². The van der Waals surface area contributed by atoms with Crippen molar-refractivity contribution in [2.24, 2.45) is 5.18 Å². The molecule has 4 heteroatoms. The maximum absolute atomic E-state index is 10.00. The number of nitroso groups, excluding NO2 is 1. The zero-order valence-electron chi connectivity index (χ0n) is 6.60. The van der Waals surface area contributed by atoms with E-state index in [1.807, 2.05) is 0 Å². The maximum atomic E-state index is 10.00. The van der Waals surface area contributed by atoms with Crippen molar-refractivity contribution >= 4 is 5.69 Å². The average Bonchev–Trinajstić information content (AvgIpc) is 2.05. The zero-order valence-corrected chi connectivity index (χ0v) is 6.60. The smallest absolute Gasteiger partial charge is 0.194 e. The summed E-state index contributed by atoms with van der Waals surface area (Å²) in [4.78, 5) is 10.00. The van der Waals surface area contributed by atoms with E-state index in [4.69, 9.17) is 9.84 Å². The fourth-order valence-corrected chi connectivity index (χ4v) is 0.783. The normalized spacial score (nSPS) is 12.2. The first-order valence-electron chi connectivity index (χ1n) is 3.50. The van der Waals surface area contributed by atoms with Crippen LogP contribution in [0.2, 0.25) is 0 Å². The number of benzene rings is 1. The average molecular weight is 167 g/mol. The van der Waals surface area contributed by atoms with Crippen LogP contribution in [0.1, 0.15) is 6.92 Å². The van der Waals surface area contributed by atoms with Gasteiger partial charge in [0.25, 0.3) is 0 Å². The minimum absolute atomic E-state index is 0.341. The molecule has 1 rings (SSSR count). The second-order valence-electron chi connectivity index (χ2n) is 2.30. The molecule has 12 heavy (non-hydrogen) atoms. The van der Waals surface area contributed by atoms with Gasteiger partial charge in [0.05, 0.1) is 0 Å². The van der Waals surface area contributed by atoms with Crippen LogP contribution in [-0.4, -0.2) is 11.4 Å². The van der Waals surface area contributed by atoms with Crippen molar-refractivity contribution in [2.75, 3.05) is 0 Å². The molecule has 0 aromatic heterocycles. The van der Waals surface area contributed by atoms with Gasteiger partial charge in [0.1, 0.15) is 11.4 Å². The molecule has 0 amide bonds. The van der Waals surface area contributed by atoms with Crippen LogP contribution >= 0.6 is 0 Å². The van der Waals surface area contributed by atoms with E-state index in [2.05, 4.69) is 5.18 Å². The van der Waals surface area contributed by atoms with E-state index < -0.39 is 6.29 Å². The van der Waals surface area contributed by atoms with Gasteiger partial charge < -0.3 is 9.84 Å². The molecule has 0 aliphatic rings. The molecule has 4 nitrogen and oxygen atoms in total. The van der Waals surface area contributed by atoms with Crippen molar-refractivity contribution in [2.45, 2.75) is 13.2 Å². The summed E-state index contributed by atoms with van der Waals surface area (Å²) in [5.41, 5.74) is 0.341. The Labute approximate surface area is 69.8 Å². The molecule has 0 saturated carbocycles. The van der Waals surface area contributed by atoms with Crippen molar-refractivity contribution < 1.29 is 9.84 Å². The van der Waals surface area contributed by atoms with E-state index in [9.17, 15) is 4.91 Å². The molecule has 1 aromatic rings. The molecule has 0 aliphatic carbocycles. The van der Waals surface area contributed by atoms with Crippen molar-refractivity contribution in [3.05, 3.63) is 29.2 Å². The number of aliphatic hydroxyl groups is 1. The third kappa shape index (κ3) is 2.32. The third-order valence-electron chi connectivity index (χ3n) is 1.25. The second kappa shape index (κ2) is 3.82. The summed E-state index contributed by atoms with van der Waals surface area (Å²) in [5, 5.41) is 11.5. The fraction of sp³-hybridized carbons (Fsp3) is 0.250. The van der Waals surface area contributed by atoms with E-state index >= 15 is 0 Å². The van der Waals surface area contributed by atoms with Gasteiger partial charge in [0, 0.05) is 0 Å². The lowest BCUT2D eigenvalue weighted by molar-refractivity contribution is -0.000281. The standard InChI is InChI=1S/C8H9NO3/c1-6(10)12-8-4-2-7(9-11)3-5-8/h2-6,10H,1H3. The van der Waals surface area contributed by atoms with Crippen LogP contribution < -0.4 is 4.74 Å². The lowest BCUT2D eigenvalue weighted by Crippen LogP contribution is -2.09. The Morgan fingerprint density at radius 3 is 2.42 bits per heavy atom. The van der Waals surface area contributed by atoms with Crippen LogP contribution in [0.25, 0.3) is 0 Å². The van der Waals surface area contributed by atoms with Crippen molar-refractivity contribution in [3.8, 4) is 5.75 Å². The van der Waals surface area contributed by atoms with Gasteiger partial charge in [-0.15, -0.1) is 4.91 Å². The van der Waals surface area contributed by atoms with Gasteiger partial charge in [-0.3, -0.25) is 0 Å². The van der Waals surface area contributed by atoms with Crippen LogP contribution in [-0.2, 0) is 0 Å². The van der Waals surface area contributed by atoms with Gasteiger partial charge in [-0.2, -0.15) is 0 Å². The molecule has 0 aliphatic heterocycles. The Bertz CT molecular complexity index is 256. The van der Waals surface area contributed by atoms with Crippen LogP contribution in [0.15, 0.2) is 29.4 Å². The topological polar surface area (TPSA) is 58.9 Å². The first-order chi connectivity index (χ1) is 5.72. The van der Waals surface area contributed by atoms with Gasteiger partial charge in [0.15, 0.2) is 6.29 Å². The highest BCUT2D eigenvalue weighted by Gasteiger charge is 1.97. The van der Waals surface area contributed by atoms with Crippen molar-refractivity contribution in [3.63, 3.8) is 0 Å². The monoisotopic (exact) mass is 167 g/mol. The predicted molar refractivity (Wildman–Crippen MR) is 44.2 cm³/mol. The first kappa shape index (κ1) is 8.67. The maximum Gasteiger partial charge on any atom is 0.194 e. The summed E-state index contributed by atoms with van der Waals surface area (Å²) in [7, 11) is 0. The fourth-order valence-electron chi connectivity index (χ4n) is 0.783. The number of nitrogens with zero attached hydrogens (tertiary/aromatic N) is 1. The quantitative estimate of drug-likeness (QED) is 0.551. The zero-order chi connectivity index (χ0) is 8.97. The molecule has 1 unspecified atom stereocenters.